The minimum absolute atomic E-state index is 0.0168. The molecule has 210 valence electrons. The molecule has 1 aliphatic rings. The molecule has 5 heterocycles. The van der Waals surface area contributed by atoms with Crippen LogP contribution < -0.4 is 10.2 Å². The second kappa shape index (κ2) is 11.0. The molecule has 1 atom stereocenters. The minimum atomic E-state index is -0.659. The van der Waals surface area contributed by atoms with E-state index in [0.29, 0.717) is 29.2 Å². The summed E-state index contributed by atoms with van der Waals surface area (Å²) < 4.78 is 18.2. The number of aliphatic hydroxyl groups excluding tert-OH is 1. The summed E-state index contributed by atoms with van der Waals surface area (Å²) in [6, 6.07) is 19.5. The first-order valence-corrected chi connectivity index (χ1v) is 14.5. The molecule has 2 aromatic carbocycles. The van der Waals surface area contributed by atoms with Crippen molar-refractivity contribution in [3.63, 3.8) is 0 Å². The molecule has 0 saturated carbocycles. The molecule has 7 rings (SSSR count). The maximum atomic E-state index is 15.8. The van der Waals surface area contributed by atoms with Crippen LogP contribution in [0.5, 0.6) is 0 Å². The molecular weight excluding hydrogens is 553 g/mol. The van der Waals surface area contributed by atoms with Crippen LogP contribution in [0.25, 0.3) is 37.4 Å². The summed E-state index contributed by atoms with van der Waals surface area (Å²) >= 11 is 1.60. The number of hydrogen-bond donors (Lipinski definition) is 2. The van der Waals surface area contributed by atoms with Gasteiger partial charge in [-0.05, 0) is 66.9 Å². The highest BCUT2D eigenvalue weighted by atomic mass is 32.1. The Bertz CT molecular complexity index is 1910. The van der Waals surface area contributed by atoms with Crippen LogP contribution in [-0.4, -0.2) is 55.1 Å². The summed E-state index contributed by atoms with van der Waals surface area (Å²) in [5, 5.41) is 21.9. The molecule has 9 nitrogen and oxygen atoms in total. The fourth-order valence-corrected chi connectivity index (χ4v) is 6.48. The molecule has 0 aliphatic carbocycles. The van der Waals surface area contributed by atoms with Gasteiger partial charge < -0.3 is 10.4 Å². The van der Waals surface area contributed by atoms with Crippen molar-refractivity contribution in [3.05, 3.63) is 96.1 Å². The van der Waals surface area contributed by atoms with Crippen molar-refractivity contribution >= 4 is 44.3 Å². The summed E-state index contributed by atoms with van der Waals surface area (Å²) in [6.07, 6.45) is 4.99. The lowest BCUT2D eigenvalue weighted by molar-refractivity contribution is 0.0968. The Labute approximate surface area is 244 Å². The standard InChI is InChI=1S/C31H26FN7O2S/c32-25-15-21(39-30-26(36-37-39)4-2-13-34-30)9-10-23(25)31(41)38(22-3-1-12-33-17-22)29-24-16-28(42-27(24)11-14-35-29)20-7-5-19(18-40)6-8-20/h2,4-11,13-16,22,33,40H,1,3,12,17-18H2/t22-/m1/s1. The normalized spacial score (nSPS) is 15.3. The van der Waals surface area contributed by atoms with Gasteiger partial charge in [0.15, 0.2) is 5.65 Å². The average Bonchev–Trinajstić information content (AvgIpc) is 3.67. The molecule has 4 aromatic heterocycles. The fraction of sp³-hybridized carbons (Fsp3) is 0.194. The van der Waals surface area contributed by atoms with Crippen molar-refractivity contribution < 1.29 is 14.3 Å². The minimum Gasteiger partial charge on any atom is -0.392 e. The van der Waals surface area contributed by atoms with Gasteiger partial charge in [0.05, 0.1) is 23.9 Å². The Morgan fingerprint density at radius 1 is 1.10 bits per heavy atom. The van der Waals surface area contributed by atoms with E-state index in [1.54, 1.807) is 46.8 Å². The van der Waals surface area contributed by atoms with Gasteiger partial charge in [-0.25, -0.2) is 14.4 Å². The number of thiophene rings is 1. The lowest BCUT2D eigenvalue weighted by atomic mass is 10.0. The highest BCUT2D eigenvalue weighted by molar-refractivity contribution is 7.22. The summed E-state index contributed by atoms with van der Waals surface area (Å²) in [7, 11) is 0. The number of fused-ring (bicyclic) bond motifs is 2. The Balaban J connectivity index is 1.29. The smallest absolute Gasteiger partial charge is 0.262 e. The molecule has 0 unspecified atom stereocenters. The predicted octanol–water partition coefficient (Wildman–Crippen LogP) is 5.12. The molecule has 1 saturated heterocycles. The van der Waals surface area contributed by atoms with E-state index < -0.39 is 11.7 Å². The second-order valence-corrected chi connectivity index (χ2v) is 11.3. The molecule has 0 bridgehead atoms. The lowest BCUT2D eigenvalue weighted by Crippen LogP contribution is -2.49. The molecular formula is C31H26FN7O2S. The number of rotatable bonds is 6. The lowest BCUT2D eigenvalue weighted by Gasteiger charge is -2.34. The summed E-state index contributed by atoms with van der Waals surface area (Å²) in [5.41, 5.74) is 3.31. The number of anilines is 1. The zero-order valence-electron chi connectivity index (χ0n) is 22.4. The maximum absolute atomic E-state index is 15.8. The van der Waals surface area contributed by atoms with E-state index in [2.05, 4.69) is 25.6 Å². The van der Waals surface area contributed by atoms with Crippen LogP contribution in [0.3, 0.4) is 0 Å². The summed E-state index contributed by atoms with van der Waals surface area (Å²) in [4.78, 5) is 25.9. The number of nitrogens with zero attached hydrogens (tertiary/aromatic N) is 6. The van der Waals surface area contributed by atoms with E-state index in [-0.39, 0.29) is 18.2 Å². The van der Waals surface area contributed by atoms with Gasteiger partial charge in [-0.3, -0.25) is 9.69 Å². The van der Waals surface area contributed by atoms with Crippen LogP contribution in [0.1, 0.15) is 28.8 Å². The van der Waals surface area contributed by atoms with Crippen molar-refractivity contribution in [1.29, 1.82) is 0 Å². The third kappa shape index (κ3) is 4.71. The molecule has 42 heavy (non-hydrogen) atoms. The summed E-state index contributed by atoms with van der Waals surface area (Å²) in [5.74, 6) is -0.599. The summed E-state index contributed by atoms with van der Waals surface area (Å²) in [6.45, 7) is 1.43. The van der Waals surface area contributed by atoms with Gasteiger partial charge in [0.25, 0.3) is 5.91 Å². The van der Waals surface area contributed by atoms with Crippen LogP contribution >= 0.6 is 11.3 Å². The highest BCUT2D eigenvalue weighted by Crippen LogP contribution is 2.39. The van der Waals surface area contributed by atoms with Crippen LogP contribution in [0.2, 0.25) is 0 Å². The number of piperidine rings is 1. The largest absolute Gasteiger partial charge is 0.392 e. The van der Waals surface area contributed by atoms with Crippen molar-refractivity contribution in [1.82, 2.24) is 30.3 Å². The third-order valence-electron chi connectivity index (χ3n) is 7.56. The predicted molar refractivity (Wildman–Crippen MR) is 160 cm³/mol. The maximum Gasteiger partial charge on any atom is 0.262 e. The van der Waals surface area contributed by atoms with Crippen LogP contribution in [0.4, 0.5) is 10.2 Å². The number of aromatic nitrogens is 5. The topological polar surface area (TPSA) is 109 Å². The Kier molecular flexibility index (Phi) is 6.90. The van der Waals surface area contributed by atoms with E-state index in [1.165, 1.54) is 16.8 Å². The van der Waals surface area contributed by atoms with Crippen molar-refractivity contribution in [2.24, 2.45) is 0 Å². The molecule has 0 radical (unpaired) electrons. The molecule has 11 heteroatoms. The monoisotopic (exact) mass is 579 g/mol. The van der Waals surface area contributed by atoms with E-state index in [1.807, 2.05) is 36.4 Å². The van der Waals surface area contributed by atoms with Gasteiger partial charge >= 0.3 is 0 Å². The number of carbonyl (C=O) groups excluding carboxylic acids is 1. The number of halogens is 1. The molecule has 6 aromatic rings. The molecule has 0 spiro atoms. The van der Waals surface area contributed by atoms with Crippen LogP contribution in [0, 0.1) is 5.82 Å². The number of aliphatic hydroxyl groups is 1. The number of carbonyl (C=O) groups is 1. The number of pyridine rings is 2. The molecule has 1 amide bonds. The quantitative estimate of drug-likeness (QED) is 0.282. The Hall–Kier alpha value is -4.58. The number of benzene rings is 2. The number of hydrogen-bond acceptors (Lipinski definition) is 8. The van der Waals surface area contributed by atoms with Crippen molar-refractivity contribution in [2.45, 2.75) is 25.5 Å². The van der Waals surface area contributed by atoms with E-state index in [0.717, 1.165) is 45.5 Å². The van der Waals surface area contributed by atoms with Gasteiger partial charge in [-0.1, -0.05) is 29.5 Å². The number of amides is 1. The van der Waals surface area contributed by atoms with E-state index in [4.69, 9.17) is 0 Å². The number of nitrogens with one attached hydrogen (secondary N) is 1. The fourth-order valence-electron chi connectivity index (χ4n) is 5.42. The zero-order chi connectivity index (χ0) is 28.6. The third-order valence-corrected chi connectivity index (χ3v) is 8.71. The van der Waals surface area contributed by atoms with Gasteiger partial charge in [0, 0.05) is 40.0 Å². The zero-order valence-corrected chi connectivity index (χ0v) is 23.3. The Morgan fingerprint density at radius 2 is 1.98 bits per heavy atom. The van der Waals surface area contributed by atoms with Crippen LogP contribution in [0.15, 0.2) is 79.1 Å². The highest BCUT2D eigenvalue weighted by Gasteiger charge is 2.32. The van der Waals surface area contributed by atoms with Gasteiger partial charge in [-0.15, -0.1) is 16.4 Å². The molecule has 1 aliphatic heterocycles. The van der Waals surface area contributed by atoms with Gasteiger partial charge in [0.2, 0.25) is 0 Å². The Morgan fingerprint density at radius 3 is 2.76 bits per heavy atom. The van der Waals surface area contributed by atoms with Crippen molar-refractivity contribution in [3.8, 4) is 16.1 Å². The molecule has 2 N–H and O–H groups in total. The second-order valence-electron chi connectivity index (χ2n) is 10.2. The molecule has 1 fully saturated rings. The van der Waals surface area contributed by atoms with E-state index >= 15 is 4.39 Å². The van der Waals surface area contributed by atoms with Crippen LogP contribution in [-0.2, 0) is 6.61 Å². The van der Waals surface area contributed by atoms with Crippen molar-refractivity contribution in [2.75, 3.05) is 18.0 Å². The van der Waals surface area contributed by atoms with Gasteiger partial charge in [0.1, 0.15) is 17.2 Å². The average molecular weight is 580 g/mol. The first-order chi connectivity index (χ1) is 20.6. The van der Waals surface area contributed by atoms with E-state index in [9.17, 15) is 9.90 Å². The first-order valence-electron chi connectivity index (χ1n) is 13.7. The van der Waals surface area contributed by atoms with Gasteiger partial charge in [-0.2, -0.15) is 4.68 Å². The SMILES string of the molecule is O=C(c1ccc(-n2nnc3cccnc32)cc1F)N(c1nccc2sc(-c3ccc(CO)cc3)cc12)[C@@H]1CCCNC1. The first kappa shape index (κ1) is 26.3.